The van der Waals surface area contributed by atoms with Crippen molar-refractivity contribution in [2.75, 3.05) is 13.6 Å². The molecular formula is C16H20F2N2O3. The first kappa shape index (κ1) is 18.6. The van der Waals surface area contributed by atoms with E-state index >= 15 is 0 Å². The molecular weight excluding hydrogens is 306 g/mol. The van der Waals surface area contributed by atoms with Crippen molar-refractivity contribution < 1.29 is 23.1 Å². The van der Waals surface area contributed by atoms with Gasteiger partial charge < -0.3 is 15.0 Å². The third kappa shape index (κ3) is 6.06. The highest BCUT2D eigenvalue weighted by molar-refractivity contribution is 5.90. The van der Waals surface area contributed by atoms with Crippen molar-refractivity contribution in [2.24, 2.45) is 0 Å². The van der Waals surface area contributed by atoms with Crippen LogP contribution in [0.1, 0.15) is 24.9 Å². The average molecular weight is 326 g/mol. The third-order valence-corrected chi connectivity index (χ3v) is 3.18. The van der Waals surface area contributed by atoms with E-state index in [1.54, 1.807) is 12.1 Å². The number of amides is 2. The van der Waals surface area contributed by atoms with Gasteiger partial charge in [-0.1, -0.05) is 25.6 Å². The van der Waals surface area contributed by atoms with Gasteiger partial charge >= 0.3 is 6.61 Å². The van der Waals surface area contributed by atoms with Crippen molar-refractivity contribution in [2.45, 2.75) is 26.0 Å². The minimum Gasteiger partial charge on any atom is -0.435 e. The molecule has 2 amide bonds. The molecule has 5 nitrogen and oxygen atoms in total. The van der Waals surface area contributed by atoms with Crippen molar-refractivity contribution in [1.82, 2.24) is 10.2 Å². The number of halogens is 2. The quantitative estimate of drug-likeness (QED) is 0.747. The number of nitrogens with zero attached hydrogens (tertiary/aromatic N) is 1. The topological polar surface area (TPSA) is 58.6 Å². The second kappa shape index (κ2) is 8.87. The molecule has 7 heteroatoms. The van der Waals surface area contributed by atoms with Crippen LogP contribution in [0.5, 0.6) is 5.75 Å². The molecule has 0 fully saturated rings. The fourth-order valence-corrected chi connectivity index (χ4v) is 1.99. The van der Waals surface area contributed by atoms with Gasteiger partial charge in [-0.05, 0) is 30.2 Å². The van der Waals surface area contributed by atoms with Crippen LogP contribution in [-0.2, 0) is 9.59 Å². The van der Waals surface area contributed by atoms with Crippen molar-refractivity contribution in [1.29, 1.82) is 0 Å². The lowest BCUT2D eigenvalue weighted by molar-refractivity contribution is -0.131. The molecule has 1 atom stereocenters. The van der Waals surface area contributed by atoms with Crippen LogP contribution in [0.2, 0.25) is 0 Å². The van der Waals surface area contributed by atoms with E-state index in [4.69, 9.17) is 0 Å². The van der Waals surface area contributed by atoms with E-state index in [2.05, 4.69) is 16.6 Å². The van der Waals surface area contributed by atoms with Gasteiger partial charge in [0.2, 0.25) is 11.8 Å². The Morgan fingerprint density at radius 3 is 2.43 bits per heavy atom. The van der Waals surface area contributed by atoms with Crippen LogP contribution in [0, 0.1) is 0 Å². The minimum atomic E-state index is -2.87. The summed E-state index contributed by atoms with van der Waals surface area (Å²) in [6.45, 7) is 2.27. The number of carbonyl (C=O) groups is 2. The summed E-state index contributed by atoms with van der Waals surface area (Å²) in [4.78, 5) is 24.6. The normalized spacial score (nSPS) is 11.7. The number of carbonyl (C=O) groups excluding carboxylic acids is 2. The zero-order valence-electron chi connectivity index (χ0n) is 13.1. The summed E-state index contributed by atoms with van der Waals surface area (Å²) in [5.41, 5.74) is 0.764. The standard InChI is InChI=1S/C16H20F2N2O3/c1-4-13(19-14(21)10-20(3)15(22)5-2)11-6-8-12(9-7-11)23-16(17)18/h5-9,13,16H,2,4,10H2,1,3H3,(H,19,21). The predicted octanol–water partition coefficient (Wildman–Crippen LogP) is 2.50. The summed E-state index contributed by atoms with van der Waals surface area (Å²) in [5, 5.41) is 2.80. The monoisotopic (exact) mass is 326 g/mol. The Hall–Kier alpha value is -2.44. The summed E-state index contributed by atoms with van der Waals surface area (Å²) >= 11 is 0. The Kier molecular flexibility index (Phi) is 7.18. The maximum Gasteiger partial charge on any atom is 0.387 e. The summed E-state index contributed by atoms with van der Waals surface area (Å²) in [7, 11) is 1.50. The second-order valence-electron chi connectivity index (χ2n) is 4.87. The van der Waals surface area contributed by atoms with E-state index < -0.39 is 6.61 Å². The Labute approximate surface area is 133 Å². The fraction of sp³-hybridized carbons (Fsp3) is 0.375. The van der Waals surface area contributed by atoms with Gasteiger partial charge in [0.1, 0.15) is 5.75 Å². The molecule has 23 heavy (non-hydrogen) atoms. The van der Waals surface area contributed by atoms with E-state index in [9.17, 15) is 18.4 Å². The number of likely N-dealkylation sites (N-methyl/N-ethyl adjacent to an activating group) is 1. The number of ether oxygens (including phenoxy) is 1. The average Bonchev–Trinajstić information content (AvgIpc) is 2.52. The minimum absolute atomic E-state index is 0.0567. The molecule has 0 aliphatic heterocycles. The molecule has 0 aliphatic rings. The molecule has 1 N–H and O–H groups in total. The van der Waals surface area contributed by atoms with Crippen molar-refractivity contribution in [3.63, 3.8) is 0 Å². The highest BCUT2D eigenvalue weighted by Gasteiger charge is 2.16. The lowest BCUT2D eigenvalue weighted by atomic mass is 10.0. The van der Waals surface area contributed by atoms with Gasteiger partial charge in [-0.2, -0.15) is 8.78 Å². The molecule has 0 aromatic heterocycles. The molecule has 126 valence electrons. The molecule has 1 aromatic carbocycles. The number of nitrogens with one attached hydrogen (secondary N) is 1. The first-order valence-electron chi connectivity index (χ1n) is 7.09. The van der Waals surface area contributed by atoms with Gasteiger partial charge in [0.05, 0.1) is 12.6 Å². The van der Waals surface area contributed by atoms with E-state index in [1.807, 2.05) is 6.92 Å². The number of hydrogen-bond acceptors (Lipinski definition) is 3. The highest BCUT2D eigenvalue weighted by atomic mass is 19.3. The second-order valence-corrected chi connectivity index (χ2v) is 4.87. The van der Waals surface area contributed by atoms with Crippen molar-refractivity contribution in [3.8, 4) is 5.75 Å². The van der Waals surface area contributed by atoms with Crippen LogP contribution < -0.4 is 10.1 Å². The Morgan fingerprint density at radius 2 is 1.96 bits per heavy atom. The molecule has 0 aliphatic carbocycles. The molecule has 1 unspecified atom stereocenters. The Bertz CT molecular complexity index is 547. The van der Waals surface area contributed by atoms with Crippen LogP contribution in [0.25, 0.3) is 0 Å². The van der Waals surface area contributed by atoms with E-state index in [-0.39, 0.29) is 30.2 Å². The van der Waals surface area contributed by atoms with E-state index in [1.165, 1.54) is 24.1 Å². The first-order chi connectivity index (χ1) is 10.9. The lowest BCUT2D eigenvalue weighted by Crippen LogP contribution is -2.39. The Balaban J connectivity index is 2.67. The molecule has 0 saturated carbocycles. The SMILES string of the molecule is C=CC(=O)N(C)CC(=O)NC(CC)c1ccc(OC(F)F)cc1. The lowest BCUT2D eigenvalue weighted by Gasteiger charge is -2.20. The van der Waals surface area contributed by atoms with Gasteiger partial charge in [-0.15, -0.1) is 0 Å². The molecule has 0 radical (unpaired) electrons. The van der Waals surface area contributed by atoms with Crippen LogP contribution in [0.15, 0.2) is 36.9 Å². The van der Waals surface area contributed by atoms with Gasteiger partial charge in [-0.25, -0.2) is 0 Å². The Morgan fingerprint density at radius 1 is 1.35 bits per heavy atom. The van der Waals surface area contributed by atoms with Gasteiger partial charge in [0.25, 0.3) is 0 Å². The molecule has 1 rings (SSSR count). The molecule has 0 heterocycles. The summed E-state index contributed by atoms with van der Waals surface area (Å²) in [5.74, 6) is -0.606. The molecule has 1 aromatic rings. The maximum absolute atomic E-state index is 12.1. The third-order valence-electron chi connectivity index (χ3n) is 3.18. The van der Waals surface area contributed by atoms with Crippen LogP contribution in [-0.4, -0.2) is 36.9 Å². The smallest absolute Gasteiger partial charge is 0.387 e. The first-order valence-corrected chi connectivity index (χ1v) is 7.09. The van der Waals surface area contributed by atoms with Gasteiger partial charge in [-0.3, -0.25) is 9.59 Å². The van der Waals surface area contributed by atoms with E-state index in [0.29, 0.717) is 6.42 Å². The van der Waals surface area contributed by atoms with Crippen molar-refractivity contribution in [3.05, 3.63) is 42.5 Å². The van der Waals surface area contributed by atoms with Crippen molar-refractivity contribution >= 4 is 11.8 Å². The fourth-order valence-electron chi connectivity index (χ4n) is 1.99. The van der Waals surface area contributed by atoms with Crippen LogP contribution in [0.4, 0.5) is 8.78 Å². The maximum atomic E-state index is 12.1. The summed E-state index contributed by atoms with van der Waals surface area (Å²) < 4.78 is 28.5. The zero-order chi connectivity index (χ0) is 17.4. The molecule has 0 spiro atoms. The molecule has 0 saturated heterocycles. The predicted molar refractivity (Wildman–Crippen MR) is 82.1 cm³/mol. The summed E-state index contributed by atoms with van der Waals surface area (Å²) in [6, 6.07) is 5.79. The van der Waals surface area contributed by atoms with Gasteiger partial charge in [0, 0.05) is 7.05 Å². The number of rotatable bonds is 8. The zero-order valence-corrected chi connectivity index (χ0v) is 13.1. The number of hydrogen-bond donors (Lipinski definition) is 1. The summed E-state index contributed by atoms with van der Waals surface area (Å²) in [6.07, 6.45) is 1.74. The number of benzene rings is 1. The largest absolute Gasteiger partial charge is 0.435 e. The van der Waals surface area contributed by atoms with Crippen LogP contribution >= 0.6 is 0 Å². The highest BCUT2D eigenvalue weighted by Crippen LogP contribution is 2.21. The molecule has 0 bridgehead atoms. The van der Waals surface area contributed by atoms with Gasteiger partial charge in [0.15, 0.2) is 0 Å². The van der Waals surface area contributed by atoms with E-state index in [0.717, 1.165) is 11.6 Å². The van der Waals surface area contributed by atoms with Crippen LogP contribution in [0.3, 0.4) is 0 Å². The number of alkyl halides is 2.